The van der Waals surface area contributed by atoms with Crippen molar-refractivity contribution in [2.75, 3.05) is 6.61 Å². The lowest BCUT2D eigenvalue weighted by Gasteiger charge is -2.09. The predicted molar refractivity (Wildman–Crippen MR) is 97.8 cm³/mol. The first-order chi connectivity index (χ1) is 12.1. The van der Waals surface area contributed by atoms with Gasteiger partial charge in [0.15, 0.2) is 0 Å². The van der Waals surface area contributed by atoms with Crippen molar-refractivity contribution in [3.8, 4) is 6.07 Å². The molecule has 0 saturated heterocycles. The van der Waals surface area contributed by atoms with E-state index in [9.17, 15) is 5.26 Å². The van der Waals surface area contributed by atoms with Gasteiger partial charge in [-0.25, -0.2) is 9.97 Å². The number of aromatic nitrogens is 3. The Hall–Kier alpha value is -1.94. The first kappa shape index (κ1) is 16.5. The second-order valence-electron chi connectivity index (χ2n) is 6.34. The van der Waals surface area contributed by atoms with Gasteiger partial charge in [-0.1, -0.05) is 11.6 Å². The number of hydrogen-bond donors (Lipinski definition) is 0. The molecule has 128 valence electrons. The molecule has 0 aliphatic heterocycles. The molecular weight excluding hydrogens is 356 g/mol. The molecule has 1 saturated carbocycles. The number of nitriles is 1. The molecule has 3 aromatic rings. The zero-order chi connectivity index (χ0) is 17.4. The lowest BCUT2D eigenvalue weighted by Crippen LogP contribution is -2.08. The summed E-state index contributed by atoms with van der Waals surface area (Å²) in [6.45, 7) is 3.70. The Morgan fingerprint density at radius 2 is 2.24 bits per heavy atom. The van der Waals surface area contributed by atoms with Crippen molar-refractivity contribution in [2.45, 2.75) is 32.9 Å². The Morgan fingerprint density at radius 3 is 2.92 bits per heavy atom. The van der Waals surface area contributed by atoms with Crippen LogP contribution in [0.15, 0.2) is 18.2 Å². The molecule has 1 aromatic carbocycles. The van der Waals surface area contributed by atoms with Crippen molar-refractivity contribution in [1.82, 2.24) is 14.5 Å². The molecule has 1 aliphatic carbocycles. The van der Waals surface area contributed by atoms with Gasteiger partial charge in [0.2, 0.25) is 0 Å². The molecule has 0 unspecified atom stereocenters. The van der Waals surface area contributed by atoms with Crippen LogP contribution >= 0.6 is 22.9 Å². The van der Waals surface area contributed by atoms with Gasteiger partial charge in [0.25, 0.3) is 0 Å². The van der Waals surface area contributed by atoms with Crippen LogP contribution in [0.25, 0.3) is 11.0 Å². The number of thiazole rings is 1. The zero-order valence-electron chi connectivity index (χ0n) is 13.8. The minimum Gasteiger partial charge on any atom is -0.373 e. The van der Waals surface area contributed by atoms with Crippen molar-refractivity contribution in [3.05, 3.63) is 44.6 Å². The molecule has 2 aromatic heterocycles. The maximum atomic E-state index is 9.21. The van der Waals surface area contributed by atoms with Gasteiger partial charge < -0.3 is 9.30 Å². The molecule has 0 spiro atoms. The number of imidazole rings is 1. The van der Waals surface area contributed by atoms with Gasteiger partial charge in [-0.15, -0.1) is 11.3 Å². The molecule has 0 N–H and O–H groups in total. The minimum atomic E-state index is 0.452. The van der Waals surface area contributed by atoms with Crippen LogP contribution in [0.4, 0.5) is 0 Å². The summed E-state index contributed by atoms with van der Waals surface area (Å²) in [6, 6.07) is 7.71. The number of rotatable bonds is 6. The van der Waals surface area contributed by atoms with Crippen LogP contribution in [0.2, 0.25) is 4.34 Å². The maximum absolute atomic E-state index is 9.21. The Balaban J connectivity index is 1.70. The summed E-state index contributed by atoms with van der Waals surface area (Å²) in [7, 11) is 0. The number of fused-ring (bicyclic) bond motifs is 1. The SMILES string of the molecule is Cc1nc(Cn2c(COCC3CC3)nc3ccc(C#N)cc32)c(Cl)s1. The van der Waals surface area contributed by atoms with Crippen LogP contribution in [0.3, 0.4) is 0 Å². The van der Waals surface area contributed by atoms with E-state index in [2.05, 4.69) is 15.6 Å². The standard InChI is InChI=1S/C18H17ClN4OS/c1-11-21-15(18(19)25-11)8-23-16-6-13(7-20)4-5-14(16)22-17(23)10-24-9-12-2-3-12/h4-6,12H,2-3,8-10H2,1H3. The Bertz CT molecular complexity index is 968. The fourth-order valence-corrected chi connectivity index (χ4v) is 3.90. The van der Waals surface area contributed by atoms with Crippen LogP contribution in [-0.2, 0) is 17.9 Å². The summed E-state index contributed by atoms with van der Waals surface area (Å²) in [5, 5.41) is 10.1. The average molecular weight is 373 g/mol. The van der Waals surface area contributed by atoms with Crippen molar-refractivity contribution >= 4 is 34.0 Å². The van der Waals surface area contributed by atoms with Crippen LogP contribution < -0.4 is 0 Å². The fourth-order valence-electron chi connectivity index (χ4n) is 2.82. The third-order valence-electron chi connectivity index (χ3n) is 4.30. The van der Waals surface area contributed by atoms with E-state index in [0.717, 1.165) is 34.2 Å². The van der Waals surface area contributed by atoms with Gasteiger partial charge in [-0.2, -0.15) is 5.26 Å². The first-order valence-corrected chi connectivity index (χ1v) is 9.42. The quantitative estimate of drug-likeness (QED) is 0.647. The van der Waals surface area contributed by atoms with E-state index in [-0.39, 0.29) is 0 Å². The lowest BCUT2D eigenvalue weighted by atomic mass is 10.2. The Labute approximate surface area is 154 Å². The summed E-state index contributed by atoms with van der Waals surface area (Å²) in [4.78, 5) is 9.23. The van der Waals surface area contributed by atoms with Crippen LogP contribution in [0.5, 0.6) is 0 Å². The highest BCUT2D eigenvalue weighted by Gasteiger charge is 2.22. The molecule has 1 fully saturated rings. The second-order valence-corrected chi connectivity index (χ2v) is 8.15. The van der Waals surface area contributed by atoms with E-state index >= 15 is 0 Å². The Kier molecular flexibility index (Phi) is 4.46. The van der Waals surface area contributed by atoms with E-state index < -0.39 is 0 Å². The highest BCUT2D eigenvalue weighted by atomic mass is 35.5. The largest absolute Gasteiger partial charge is 0.373 e. The van der Waals surface area contributed by atoms with E-state index in [4.69, 9.17) is 21.3 Å². The van der Waals surface area contributed by atoms with Gasteiger partial charge in [-0.05, 0) is 43.9 Å². The molecule has 0 radical (unpaired) electrons. The highest BCUT2D eigenvalue weighted by Crippen LogP contribution is 2.30. The Morgan fingerprint density at radius 1 is 1.40 bits per heavy atom. The zero-order valence-corrected chi connectivity index (χ0v) is 15.4. The number of aryl methyl sites for hydroxylation is 1. The van der Waals surface area contributed by atoms with Crippen LogP contribution in [0.1, 0.15) is 34.9 Å². The van der Waals surface area contributed by atoms with E-state index in [1.54, 1.807) is 6.07 Å². The first-order valence-electron chi connectivity index (χ1n) is 8.23. The van der Waals surface area contributed by atoms with Crippen molar-refractivity contribution in [2.24, 2.45) is 5.92 Å². The van der Waals surface area contributed by atoms with Crippen molar-refractivity contribution < 1.29 is 4.74 Å². The molecule has 5 nitrogen and oxygen atoms in total. The van der Waals surface area contributed by atoms with E-state index in [0.29, 0.717) is 29.0 Å². The van der Waals surface area contributed by atoms with Crippen molar-refractivity contribution in [3.63, 3.8) is 0 Å². The molecule has 0 bridgehead atoms. The molecule has 2 heterocycles. The lowest BCUT2D eigenvalue weighted by molar-refractivity contribution is 0.104. The molecule has 25 heavy (non-hydrogen) atoms. The third kappa shape index (κ3) is 3.54. The van der Waals surface area contributed by atoms with Gasteiger partial charge in [0.05, 0.1) is 39.9 Å². The summed E-state index contributed by atoms with van der Waals surface area (Å²) >= 11 is 7.79. The monoisotopic (exact) mass is 372 g/mol. The third-order valence-corrected chi connectivity index (χ3v) is 5.55. The van der Waals surface area contributed by atoms with E-state index in [1.165, 1.54) is 24.2 Å². The molecule has 4 rings (SSSR count). The molecule has 7 heteroatoms. The van der Waals surface area contributed by atoms with Crippen molar-refractivity contribution in [1.29, 1.82) is 5.26 Å². The smallest absolute Gasteiger partial charge is 0.136 e. The molecule has 1 aliphatic rings. The predicted octanol–water partition coefficient (Wildman–Crippen LogP) is 4.30. The van der Waals surface area contributed by atoms with Gasteiger partial charge >= 0.3 is 0 Å². The number of benzene rings is 1. The summed E-state index contributed by atoms with van der Waals surface area (Å²) in [5.74, 6) is 1.55. The molecule has 0 atom stereocenters. The topological polar surface area (TPSA) is 63.7 Å². The number of hydrogen-bond acceptors (Lipinski definition) is 5. The van der Waals surface area contributed by atoms with Gasteiger partial charge in [0.1, 0.15) is 16.8 Å². The average Bonchev–Trinajstić information content (AvgIpc) is 3.28. The van der Waals surface area contributed by atoms with Gasteiger partial charge in [-0.3, -0.25) is 0 Å². The number of halogens is 1. The van der Waals surface area contributed by atoms with E-state index in [1.807, 2.05) is 19.1 Å². The normalized spacial score (nSPS) is 14.1. The van der Waals surface area contributed by atoms with Gasteiger partial charge in [0, 0.05) is 6.61 Å². The maximum Gasteiger partial charge on any atom is 0.136 e. The minimum absolute atomic E-state index is 0.452. The number of nitrogens with zero attached hydrogens (tertiary/aromatic N) is 4. The number of ether oxygens (including phenoxy) is 1. The summed E-state index contributed by atoms with van der Waals surface area (Å²) in [6.07, 6.45) is 2.52. The fraction of sp³-hybridized carbons (Fsp3) is 0.389. The second kappa shape index (κ2) is 6.75. The summed E-state index contributed by atoms with van der Waals surface area (Å²) in [5.41, 5.74) is 3.20. The van der Waals surface area contributed by atoms with Crippen LogP contribution in [-0.4, -0.2) is 21.1 Å². The molecular formula is C18H17ClN4OS. The van der Waals surface area contributed by atoms with Crippen LogP contribution in [0, 0.1) is 24.2 Å². The summed E-state index contributed by atoms with van der Waals surface area (Å²) < 4.78 is 8.60. The highest BCUT2D eigenvalue weighted by molar-refractivity contribution is 7.15. The molecule has 0 amide bonds.